The quantitative estimate of drug-likeness (QED) is 0.611. The van der Waals surface area contributed by atoms with E-state index in [1.54, 1.807) is 0 Å². The smallest absolute Gasteiger partial charge is 0.126 e. The van der Waals surface area contributed by atoms with Crippen LogP contribution in [0.25, 0.3) is 0 Å². The third-order valence-electron chi connectivity index (χ3n) is 0.500. The molecule has 0 saturated carbocycles. The molecule has 0 aromatic heterocycles. The van der Waals surface area contributed by atoms with Gasteiger partial charge in [-0.2, -0.15) is 0 Å². The second-order valence-corrected chi connectivity index (χ2v) is 2.20. The Bertz CT molecular complexity index is 141. The summed E-state index contributed by atoms with van der Waals surface area (Å²) in [5.74, 6) is 2.67. The van der Waals surface area contributed by atoms with E-state index >= 15 is 0 Å². The van der Waals surface area contributed by atoms with Crippen LogP contribution in [-0.4, -0.2) is 17.7 Å². The van der Waals surface area contributed by atoms with E-state index in [0.717, 1.165) is 0 Å². The predicted molar refractivity (Wildman–Crippen MR) is 59.6 cm³/mol. The van der Waals surface area contributed by atoms with Gasteiger partial charge in [0.1, 0.15) is 17.7 Å². The average Bonchev–Trinajstić information content (AvgIpc) is 2.06. The maximum Gasteiger partial charge on any atom is 0.126 e. The number of ketones is 1. The monoisotopic (exact) mass is 200 g/mol. The molecule has 0 atom stereocenters. The lowest BCUT2D eigenvalue weighted by Crippen LogP contribution is -1.69. The maximum absolute atomic E-state index is 9.44. The lowest BCUT2D eigenvalue weighted by molar-refractivity contribution is -0.114. The molecule has 0 spiro atoms. The van der Waals surface area contributed by atoms with Gasteiger partial charge in [0.25, 0.3) is 0 Å². The minimum absolute atomic E-state index is 0.167. The average molecular weight is 200 g/mol. The normalized spacial score (nSPS) is 5.14. The number of Topliss-reactive ketones (excluding diaryl/α,β-unsaturated/α-hetero) is 1. The van der Waals surface area contributed by atoms with E-state index in [2.05, 4.69) is 27.0 Å². The van der Waals surface area contributed by atoms with Crippen LogP contribution in [0.5, 0.6) is 0 Å². The van der Waals surface area contributed by atoms with E-state index in [-0.39, 0.29) is 5.78 Å². The zero-order valence-electron chi connectivity index (χ0n) is 9.55. The first-order valence-corrected chi connectivity index (χ1v) is 4.23. The van der Waals surface area contributed by atoms with E-state index in [1.165, 1.54) is 38.6 Å². The topological polar surface area (TPSA) is 51.2 Å². The van der Waals surface area contributed by atoms with Gasteiger partial charge in [-0.1, -0.05) is 26.7 Å². The number of carbonyl (C=O) groups is 1. The van der Waals surface area contributed by atoms with Crippen LogP contribution in [0, 0.1) is 0 Å². The molecule has 0 rings (SSSR count). The van der Waals surface area contributed by atoms with Gasteiger partial charge in [-0.25, -0.2) is 9.59 Å². The molecule has 14 heavy (non-hydrogen) atoms. The molecule has 0 aromatic carbocycles. The van der Waals surface area contributed by atoms with Crippen molar-refractivity contribution in [1.29, 1.82) is 0 Å². The molecular weight excluding hydrogens is 180 g/mol. The Labute approximate surface area is 86.5 Å². The Morgan fingerprint density at radius 2 is 1.07 bits per heavy atom. The standard InChI is InChI=1S/C4H10.C3H6O.2C2H2O/c1-3-4-2;1-3(2)4;2*1-2-3/h3-4H2,1-2H3;1-2H3;2*1H2. The van der Waals surface area contributed by atoms with Crippen LogP contribution < -0.4 is 0 Å². The third-order valence-corrected chi connectivity index (χ3v) is 0.500. The summed E-state index contributed by atoms with van der Waals surface area (Å²) in [6, 6.07) is 0. The molecule has 0 aliphatic heterocycles. The van der Waals surface area contributed by atoms with Gasteiger partial charge in [0, 0.05) is 0 Å². The van der Waals surface area contributed by atoms with Crippen molar-refractivity contribution in [3.63, 3.8) is 0 Å². The van der Waals surface area contributed by atoms with E-state index in [1.807, 2.05) is 0 Å². The van der Waals surface area contributed by atoms with Gasteiger partial charge in [0.2, 0.25) is 0 Å². The molecule has 0 N–H and O–H groups in total. The van der Waals surface area contributed by atoms with Gasteiger partial charge >= 0.3 is 0 Å². The molecule has 0 saturated heterocycles. The molecule has 0 unspecified atom stereocenters. The highest BCUT2D eigenvalue weighted by atomic mass is 16.1. The lowest BCUT2D eigenvalue weighted by Gasteiger charge is -1.68. The van der Waals surface area contributed by atoms with Crippen molar-refractivity contribution in [3.05, 3.63) is 13.2 Å². The molecule has 0 aromatic rings. The van der Waals surface area contributed by atoms with Crippen molar-refractivity contribution in [2.75, 3.05) is 0 Å². The molecule has 0 bridgehead atoms. The second kappa shape index (κ2) is 41.7. The summed E-state index contributed by atoms with van der Waals surface area (Å²) >= 11 is 0. The van der Waals surface area contributed by atoms with Gasteiger partial charge in [-0.05, 0) is 27.0 Å². The molecule has 3 heteroatoms. The molecule has 0 aliphatic rings. The lowest BCUT2D eigenvalue weighted by atomic mass is 10.4. The van der Waals surface area contributed by atoms with Gasteiger partial charge < -0.3 is 4.79 Å². The first-order valence-electron chi connectivity index (χ1n) is 4.23. The summed E-state index contributed by atoms with van der Waals surface area (Å²) < 4.78 is 0. The predicted octanol–water partition coefficient (Wildman–Crippen LogP) is 2.41. The summed E-state index contributed by atoms with van der Waals surface area (Å²) in [6.45, 7) is 12.8. The summed E-state index contributed by atoms with van der Waals surface area (Å²) in [4.78, 5) is 26.6. The maximum atomic E-state index is 9.44. The van der Waals surface area contributed by atoms with E-state index in [4.69, 9.17) is 9.59 Å². The Hall–Kier alpha value is -1.43. The van der Waals surface area contributed by atoms with Crippen LogP contribution in [-0.2, 0) is 14.4 Å². The molecule has 0 radical (unpaired) electrons. The Kier molecular flexibility index (Phi) is 68.2. The van der Waals surface area contributed by atoms with Crippen LogP contribution >= 0.6 is 0 Å². The Morgan fingerprint density at radius 3 is 1.07 bits per heavy atom. The highest BCUT2D eigenvalue weighted by Gasteiger charge is 1.62. The van der Waals surface area contributed by atoms with Crippen LogP contribution in [0.2, 0.25) is 0 Å². The number of rotatable bonds is 1. The van der Waals surface area contributed by atoms with Gasteiger partial charge in [0.15, 0.2) is 0 Å². The van der Waals surface area contributed by atoms with Crippen molar-refractivity contribution < 1.29 is 14.4 Å². The number of unbranched alkanes of at least 4 members (excludes halogenated alkanes) is 1. The van der Waals surface area contributed by atoms with Gasteiger partial charge in [-0.15, -0.1) is 0 Å². The summed E-state index contributed by atoms with van der Waals surface area (Å²) in [6.07, 6.45) is 2.64. The largest absolute Gasteiger partial charge is 0.300 e. The fraction of sp³-hybridized carbons (Fsp3) is 0.545. The number of hydrogen-bond donors (Lipinski definition) is 0. The molecule has 0 heterocycles. The van der Waals surface area contributed by atoms with Gasteiger partial charge in [-0.3, -0.25) is 0 Å². The number of carbonyl (C=O) groups excluding carboxylic acids is 3. The van der Waals surface area contributed by atoms with Crippen LogP contribution in [0.3, 0.4) is 0 Å². The van der Waals surface area contributed by atoms with Crippen molar-refractivity contribution in [3.8, 4) is 0 Å². The fourth-order valence-corrected chi connectivity index (χ4v) is 0. The summed E-state index contributed by atoms with van der Waals surface area (Å²) in [5.41, 5.74) is 0. The van der Waals surface area contributed by atoms with Crippen molar-refractivity contribution >= 4 is 17.7 Å². The first-order chi connectivity index (χ1) is 6.47. The minimum atomic E-state index is 0.167. The second-order valence-electron chi connectivity index (χ2n) is 2.20. The van der Waals surface area contributed by atoms with E-state index in [0.29, 0.717) is 0 Å². The Morgan fingerprint density at radius 1 is 1.00 bits per heavy atom. The van der Waals surface area contributed by atoms with Crippen LogP contribution in [0.1, 0.15) is 40.5 Å². The van der Waals surface area contributed by atoms with Crippen LogP contribution in [0.15, 0.2) is 13.2 Å². The summed E-state index contributed by atoms with van der Waals surface area (Å²) in [5, 5.41) is 0. The zero-order valence-corrected chi connectivity index (χ0v) is 9.55. The molecule has 0 amide bonds. The SMILES string of the molecule is C=C=O.C=C=O.CC(C)=O.CCCC. The first kappa shape index (κ1) is 22.9. The zero-order chi connectivity index (χ0) is 12.4. The molecular formula is C11H20O3. The van der Waals surface area contributed by atoms with Crippen molar-refractivity contribution in [1.82, 2.24) is 0 Å². The fourth-order valence-electron chi connectivity index (χ4n) is 0. The molecule has 3 nitrogen and oxygen atoms in total. The minimum Gasteiger partial charge on any atom is -0.300 e. The highest BCUT2D eigenvalue weighted by molar-refractivity contribution is 5.72. The number of hydrogen-bond acceptors (Lipinski definition) is 3. The van der Waals surface area contributed by atoms with E-state index in [9.17, 15) is 4.79 Å². The van der Waals surface area contributed by atoms with Crippen LogP contribution in [0.4, 0.5) is 0 Å². The molecule has 0 fully saturated rings. The molecule has 82 valence electrons. The summed E-state index contributed by atoms with van der Waals surface area (Å²) in [7, 11) is 0. The van der Waals surface area contributed by atoms with Gasteiger partial charge in [0.05, 0.1) is 0 Å². The highest BCUT2D eigenvalue weighted by Crippen LogP contribution is 1.76. The molecule has 0 aliphatic carbocycles. The van der Waals surface area contributed by atoms with Crippen molar-refractivity contribution in [2.24, 2.45) is 0 Å². The third kappa shape index (κ3) is 5240. The van der Waals surface area contributed by atoms with E-state index < -0.39 is 0 Å². The van der Waals surface area contributed by atoms with Crippen molar-refractivity contribution in [2.45, 2.75) is 40.5 Å². The Balaban J connectivity index is -0.0000000482.